The van der Waals surface area contributed by atoms with Crippen LogP contribution in [0.2, 0.25) is 0 Å². The summed E-state index contributed by atoms with van der Waals surface area (Å²) in [5, 5.41) is 10.1. The van der Waals surface area contributed by atoms with Crippen LogP contribution in [0.1, 0.15) is 212 Å². The number of hydrogen-bond donors (Lipinski definition) is 1. The normalized spacial score (nSPS) is 13.1. The van der Waals surface area contributed by atoms with E-state index in [4.69, 9.17) is 0 Å². The van der Waals surface area contributed by atoms with Gasteiger partial charge in [0.1, 0.15) is 0 Å². The maximum atomic E-state index is 10.1. The maximum absolute atomic E-state index is 10.1. The van der Waals surface area contributed by atoms with Crippen LogP contribution in [0.3, 0.4) is 0 Å². The van der Waals surface area contributed by atoms with Gasteiger partial charge in [0.15, 0.2) is 5.96 Å². The van der Waals surface area contributed by atoms with E-state index in [2.05, 4.69) is 92.9 Å². The summed E-state index contributed by atoms with van der Waals surface area (Å²) in [5.74, 6) is 0.780. The Morgan fingerprint density at radius 2 is 0.575 bits per heavy atom. The Kier molecular flexibility index (Phi) is 19.1. The molecule has 0 spiro atoms. The van der Waals surface area contributed by atoms with Crippen LogP contribution in [0.25, 0.3) is 0 Å². The highest BCUT2D eigenvalue weighted by atomic mass is 15.5. The van der Waals surface area contributed by atoms with Crippen molar-refractivity contribution in [3.05, 3.63) is 0 Å². The molecule has 0 aromatic heterocycles. The van der Waals surface area contributed by atoms with E-state index in [1.54, 1.807) is 0 Å². The molecule has 0 rings (SSSR count). The van der Waals surface area contributed by atoms with Gasteiger partial charge in [-0.05, 0) is 81.1 Å². The third kappa shape index (κ3) is 14.0. The van der Waals surface area contributed by atoms with Gasteiger partial charge < -0.3 is 9.80 Å². The average Bonchev–Trinajstić information content (AvgIpc) is 2.84. The monoisotopic (exact) mass is 564 g/mol. The molecule has 3 nitrogen and oxygen atoms in total. The molecule has 0 amide bonds. The Morgan fingerprint density at radius 1 is 0.375 bits per heavy atom. The predicted molar refractivity (Wildman–Crippen MR) is 183 cm³/mol. The fourth-order valence-electron chi connectivity index (χ4n) is 7.27. The predicted octanol–water partition coefficient (Wildman–Crippen LogP) is 12.5. The van der Waals surface area contributed by atoms with Crippen LogP contribution >= 0.6 is 0 Å². The maximum Gasteiger partial charge on any atom is 0.195 e. The Balaban J connectivity index is 6.50. The lowest BCUT2D eigenvalue weighted by Gasteiger charge is -2.59. The van der Waals surface area contributed by atoms with Crippen LogP contribution in [0.5, 0.6) is 0 Å². The minimum Gasteiger partial charge on any atom is -0.333 e. The standard InChI is InChI=1S/C37H77N3/c1-13-17-21-25-29-34(5,6)39(35(7,8)30-26-22-18-14-2)33(38)40(36(9,10)31-27-23-19-15-3)37(11,12)32-28-24-20-16-4/h38H,13-32H2,1-12H3. The quantitative estimate of drug-likeness (QED) is 0.0719. The zero-order valence-corrected chi connectivity index (χ0v) is 30.0. The minimum absolute atomic E-state index is 0.0616. The second-order valence-corrected chi connectivity index (χ2v) is 15.5. The number of hydrogen-bond acceptors (Lipinski definition) is 1. The number of rotatable bonds is 24. The first-order valence-electron chi connectivity index (χ1n) is 17.8. The van der Waals surface area contributed by atoms with Crippen LogP contribution in [-0.2, 0) is 0 Å². The van der Waals surface area contributed by atoms with Crippen molar-refractivity contribution in [2.45, 2.75) is 234 Å². The lowest BCUT2D eigenvalue weighted by atomic mass is 9.83. The number of nitrogens with one attached hydrogen (secondary N) is 1. The van der Waals surface area contributed by atoms with Gasteiger partial charge in [0.2, 0.25) is 0 Å². The summed E-state index contributed by atoms with van der Waals surface area (Å²) in [7, 11) is 0. The average molecular weight is 564 g/mol. The van der Waals surface area contributed by atoms with Gasteiger partial charge in [0.05, 0.1) is 0 Å². The molecule has 0 bridgehead atoms. The van der Waals surface area contributed by atoms with E-state index in [1.165, 1.54) is 103 Å². The van der Waals surface area contributed by atoms with Crippen LogP contribution < -0.4 is 0 Å². The van der Waals surface area contributed by atoms with E-state index in [9.17, 15) is 5.41 Å². The Morgan fingerprint density at radius 3 is 0.750 bits per heavy atom. The zero-order chi connectivity index (χ0) is 30.9. The van der Waals surface area contributed by atoms with Crippen molar-refractivity contribution in [2.24, 2.45) is 0 Å². The second-order valence-electron chi connectivity index (χ2n) is 15.5. The first-order chi connectivity index (χ1) is 18.6. The van der Waals surface area contributed by atoms with E-state index in [0.29, 0.717) is 0 Å². The highest BCUT2D eigenvalue weighted by Crippen LogP contribution is 2.40. The number of unbranched alkanes of at least 4 members (excludes halogenated alkanes) is 12. The van der Waals surface area contributed by atoms with Gasteiger partial charge in [-0.15, -0.1) is 0 Å². The molecule has 40 heavy (non-hydrogen) atoms. The molecule has 0 aromatic rings. The molecule has 0 radical (unpaired) electrons. The van der Waals surface area contributed by atoms with E-state index in [-0.39, 0.29) is 22.2 Å². The lowest BCUT2D eigenvalue weighted by Crippen LogP contribution is -2.68. The Bertz CT molecular complexity index is 544. The van der Waals surface area contributed by atoms with Crippen molar-refractivity contribution in [2.75, 3.05) is 0 Å². The van der Waals surface area contributed by atoms with E-state index < -0.39 is 0 Å². The molecule has 0 unspecified atom stereocenters. The Hall–Kier alpha value is -0.730. The molecule has 0 heterocycles. The molecular weight excluding hydrogens is 486 g/mol. The molecule has 0 aromatic carbocycles. The van der Waals surface area contributed by atoms with Gasteiger partial charge in [0, 0.05) is 22.2 Å². The first-order valence-corrected chi connectivity index (χ1v) is 17.8. The molecule has 0 saturated carbocycles. The van der Waals surface area contributed by atoms with Crippen molar-refractivity contribution < 1.29 is 0 Å². The summed E-state index contributed by atoms with van der Waals surface area (Å²) >= 11 is 0. The van der Waals surface area contributed by atoms with Crippen LogP contribution in [-0.4, -0.2) is 37.9 Å². The summed E-state index contributed by atoms with van der Waals surface area (Å²) < 4.78 is 0. The summed E-state index contributed by atoms with van der Waals surface area (Å²) in [5.41, 5.74) is -0.246. The third-order valence-corrected chi connectivity index (χ3v) is 9.41. The fourth-order valence-corrected chi connectivity index (χ4v) is 7.27. The molecule has 240 valence electrons. The van der Waals surface area contributed by atoms with Crippen molar-refractivity contribution in [1.82, 2.24) is 9.80 Å². The molecule has 0 aliphatic heterocycles. The molecule has 3 heteroatoms. The van der Waals surface area contributed by atoms with Crippen molar-refractivity contribution in [1.29, 1.82) is 5.41 Å². The number of nitrogens with zero attached hydrogens (tertiary/aromatic N) is 2. The summed E-state index contributed by atoms with van der Waals surface area (Å²) in [6, 6.07) is 0. The first kappa shape index (κ1) is 39.3. The van der Waals surface area contributed by atoms with Gasteiger partial charge in [-0.1, -0.05) is 130 Å². The molecular formula is C37H77N3. The van der Waals surface area contributed by atoms with Crippen molar-refractivity contribution in [3.63, 3.8) is 0 Å². The lowest BCUT2D eigenvalue weighted by molar-refractivity contribution is 0.00951. The fraction of sp³-hybridized carbons (Fsp3) is 0.973. The molecule has 0 saturated heterocycles. The third-order valence-electron chi connectivity index (χ3n) is 9.41. The number of guanidine groups is 1. The van der Waals surface area contributed by atoms with Crippen molar-refractivity contribution >= 4 is 5.96 Å². The molecule has 0 aliphatic carbocycles. The largest absolute Gasteiger partial charge is 0.333 e. The highest BCUT2D eigenvalue weighted by molar-refractivity contribution is 5.80. The molecule has 1 N–H and O–H groups in total. The van der Waals surface area contributed by atoms with Crippen LogP contribution in [0.4, 0.5) is 0 Å². The summed E-state index contributed by atoms with van der Waals surface area (Å²) in [6.07, 6.45) is 25.1. The smallest absolute Gasteiger partial charge is 0.195 e. The van der Waals surface area contributed by atoms with Gasteiger partial charge >= 0.3 is 0 Å². The summed E-state index contributed by atoms with van der Waals surface area (Å²) in [4.78, 5) is 5.19. The van der Waals surface area contributed by atoms with Crippen LogP contribution in [0, 0.1) is 5.41 Å². The van der Waals surface area contributed by atoms with Gasteiger partial charge in [0.25, 0.3) is 0 Å². The summed E-state index contributed by atoms with van der Waals surface area (Å²) in [6.45, 7) is 28.7. The van der Waals surface area contributed by atoms with Crippen molar-refractivity contribution in [3.8, 4) is 0 Å². The van der Waals surface area contributed by atoms with E-state index >= 15 is 0 Å². The van der Waals surface area contributed by atoms with Crippen LogP contribution in [0.15, 0.2) is 0 Å². The van der Waals surface area contributed by atoms with Gasteiger partial charge in [-0.25, -0.2) is 0 Å². The SMILES string of the molecule is CCCCCCC(C)(C)N(C(=N)N(C(C)(C)CCCCCC)C(C)(C)CCCCCC)C(C)(C)CCCCCC. The van der Waals surface area contributed by atoms with E-state index in [0.717, 1.165) is 31.6 Å². The second kappa shape index (κ2) is 19.5. The molecule has 0 atom stereocenters. The minimum atomic E-state index is -0.0616. The molecule has 0 fully saturated rings. The zero-order valence-electron chi connectivity index (χ0n) is 30.0. The van der Waals surface area contributed by atoms with Gasteiger partial charge in [-0.2, -0.15) is 0 Å². The topological polar surface area (TPSA) is 30.3 Å². The van der Waals surface area contributed by atoms with E-state index in [1.807, 2.05) is 0 Å². The van der Waals surface area contributed by atoms with Gasteiger partial charge in [-0.3, -0.25) is 5.41 Å². The highest BCUT2D eigenvalue weighted by Gasteiger charge is 2.47. The Labute approximate surface area is 254 Å². The molecule has 0 aliphatic rings.